The molecular weight excluding hydrogens is 208 g/mol. The van der Waals surface area contributed by atoms with Crippen molar-refractivity contribution in [3.8, 4) is 0 Å². The van der Waals surface area contributed by atoms with E-state index in [1.54, 1.807) is 0 Å². The van der Waals surface area contributed by atoms with Crippen LogP contribution in [0.15, 0.2) is 0 Å². The number of carboxylic acid groups (broad SMARTS) is 2. The Morgan fingerprint density at radius 3 is 1.33 bits per heavy atom. The van der Waals surface area contributed by atoms with Crippen LogP contribution in [0.4, 0.5) is 0 Å². The summed E-state index contributed by atoms with van der Waals surface area (Å²) in [4.78, 5) is 19.5. The Balaban J connectivity index is -0.000000405. The van der Waals surface area contributed by atoms with Crippen LogP contribution < -0.4 is 10.2 Å². The summed E-state index contributed by atoms with van der Waals surface area (Å²) in [5.74, 6) is -2.28. The fourth-order valence-corrected chi connectivity index (χ4v) is 0.539. The normalized spacial score (nSPS) is 7.67. The Labute approximate surface area is 80.6 Å². The molecule has 0 saturated heterocycles. The van der Waals surface area contributed by atoms with Gasteiger partial charge < -0.3 is 25.3 Å². The molecule has 0 saturated carbocycles. The largest absolute Gasteiger partial charge is 3.00 e. The third-order valence-corrected chi connectivity index (χ3v) is 1.01. The van der Waals surface area contributed by atoms with Crippen molar-refractivity contribution in [1.29, 1.82) is 0 Å². The minimum atomic E-state index is -1.14. The van der Waals surface area contributed by atoms with E-state index in [1.807, 2.05) is 0 Å². The monoisotopic (exact) mass is 217 g/mol. The second kappa shape index (κ2) is 10.4. The van der Waals surface area contributed by atoms with Crippen molar-refractivity contribution in [2.45, 2.75) is 25.7 Å². The summed E-state index contributed by atoms with van der Waals surface area (Å²) in [5, 5.41) is 19.5. The number of unbranched alkanes of at least 4 members (excludes halogenated alkanes) is 1. The van der Waals surface area contributed by atoms with Crippen molar-refractivity contribution in [1.82, 2.24) is 0 Å². The van der Waals surface area contributed by atoms with Gasteiger partial charge in [-0.2, -0.15) is 0 Å². The predicted octanol–water partition coefficient (Wildman–Crippen LogP) is -2.13. The molecule has 0 rings (SSSR count). The Morgan fingerprint density at radius 2 is 1.17 bits per heavy atom. The molecule has 0 spiro atoms. The van der Waals surface area contributed by atoms with Gasteiger partial charge in [-0.25, -0.2) is 0 Å². The topological polar surface area (TPSA) is 110 Å². The van der Waals surface area contributed by atoms with Crippen molar-refractivity contribution < 1.29 is 42.3 Å². The molecule has 1 N–H and O–H groups in total. The van der Waals surface area contributed by atoms with Crippen LogP contribution in [0.5, 0.6) is 0 Å². The van der Waals surface area contributed by atoms with Crippen molar-refractivity contribution >= 4 is 11.9 Å². The maximum atomic E-state index is 9.77. The van der Waals surface area contributed by atoms with Crippen LogP contribution >= 0.6 is 0 Å². The van der Waals surface area contributed by atoms with Crippen LogP contribution in [0, 0.1) is 0 Å². The van der Waals surface area contributed by atoms with Gasteiger partial charge >= 0.3 is 17.1 Å². The first kappa shape index (κ1) is 17.5. The van der Waals surface area contributed by atoms with E-state index in [1.165, 1.54) is 0 Å². The number of rotatable bonds is 5. The number of carboxylic acids is 2. The molecule has 0 heterocycles. The van der Waals surface area contributed by atoms with Crippen LogP contribution in [0.25, 0.3) is 0 Å². The van der Waals surface area contributed by atoms with E-state index >= 15 is 0 Å². The Kier molecular flexibility index (Phi) is 15.2. The van der Waals surface area contributed by atoms with Gasteiger partial charge in [0.15, 0.2) is 0 Å². The first-order valence-corrected chi connectivity index (χ1v) is 3.02. The number of carbonyl (C=O) groups is 2. The molecule has 0 aromatic carbocycles. The number of aliphatic carboxylic acids is 2. The van der Waals surface area contributed by atoms with Gasteiger partial charge in [0.05, 0.1) is 0 Å². The average Bonchev–Trinajstić information content (AvgIpc) is 1.79. The molecule has 0 atom stereocenters. The third kappa shape index (κ3) is 16.2. The SMILES string of the molecule is O=C([O-])CCCCC(=O)[O-].[Fe+3].[OH-]. The van der Waals surface area contributed by atoms with Gasteiger partial charge in [0.25, 0.3) is 0 Å². The molecule has 1 radical (unpaired) electrons. The van der Waals surface area contributed by atoms with Crippen LogP contribution in [-0.2, 0) is 26.7 Å². The van der Waals surface area contributed by atoms with Gasteiger partial charge in [0.1, 0.15) is 0 Å². The van der Waals surface area contributed by atoms with Gasteiger partial charge in [-0.05, 0) is 25.7 Å². The molecule has 0 aliphatic rings. The van der Waals surface area contributed by atoms with Crippen molar-refractivity contribution in [2.75, 3.05) is 0 Å². The standard InChI is InChI=1S/C6H10O4.Fe.H2O/c7-5(8)3-1-2-4-6(9)10;;/h1-4H2,(H,7,8)(H,9,10);;1H2/q;+3;/p-3. The summed E-state index contributed by atoms with van der Waals surface area (Å²) in [6.07, 6.45) is 0.535. The molecule has 0 unspecified atom stereocenters. The van der Waals surface area contributed by atoms with E-state index in [0.29, 0.717) is 12.8 Å². The van der Waals surface area contributed by atoms with E-state index in [-0.39, 0.29) is 35.4 Å². The zero-order chi connectivity index (χ0) is 7.98. The van der Waals surface area contributed by atoms with Crippen molar-refractivity contribution in [3.05, 3.63) is 0 Å². The second-order valence-electron chi connectivity index (χ2n) is 1.95. The van der Waals surface area contributed by atoms with Crippen molar-refractivity contribution in [3.63, 3.8) is 0 Å². The number of carbonyl (C=O) groups excluding carboxylic acids is 2. The Bertz CT molecular complexity index is 120. The Hall–Kier alpha value is -0.581. The maximum absolute atomic E-state index is 9.77. The van der Waals surface area contributed by atoms with Gasteiger partial charge in [0.2, 0.25) is 0 Å². The summed E-state index contributed by atoms with van der Waals surface area (Å²) in [7, 11) is 0. The maximum Gasteiger partial charge on any atom is 3.00 e. The molecule has 0 amide bonds. The smallest absolute Gasteiger partial charge is 0.870 e. The quantitative estimate of drug-likeness (QED) is 0.385. The zero-order valence-corrected chi connectivity index (χ0v) is 7.37. The average molecular weight is 217 g/mol. The summed E-state index contributed by atoms with van der Waals surface area (Å²) in [6.45, 7) is 0. The molecular formula is C6H9FeO5. The third-order valence-electron chi connectivity index (χ3n) is 1.01. The van der Waals surface area contributed by atoms with E-state index < -0.39 is 11.9 Å². The van der Waals surface area contributed by atoms with Gasteiger partial charge in [-0.15, -0.1) is 0 Å². The van der Waals surface area contributed by atoms with E-state index in [9.17, 15) is 19.8 Å². The van der Waals surface area contributed by atoms with E-state index in [0.717, 1.165) is 0 Å². The minimum absolute atomic E-state index is 0. The van der Waals surface area contributed by atoms with Gasteiger partial charge in [-0.1, -0.05) is 0 Å². The summed E-state index contributed by atoms with van der Waals surface area (Å²) in [6, 6.07) is 0. The first-order chi connectivity index (χ1) is 4.63. The minimum Gasteiger partial charge on any atom is -0.870 e. The first-order valence-electron chi connectivity index (χ1n) is 3.02. The van der Waals surface area contributed by atoms with Crippen LogP contribution in [0.1, 0.15) is 25.7 Å². The molecule has 5 nitrogen and oxygen atoms in total. The molecule has 0 aliphatic carbocycles. The summed E-state index contributed by atoms with van der Waals surface area (Å²) >= 11 is 0. The van der Waals surface area contributed by atoms with E-state index in [2.05, 4.69) is 0 Å². The molecule has 6 heteroatoms. The van der Waals surface area contributed by atoms with Crippen LogP contribution in [0.2, 0.25) is 0 Å². The van der Waals surface area contributed by atoms with Gasteiger partial charge in [0, 0.05) is 11.9 Å². The van der Waals surface area contributed by atoms with Gasteiger partial charge in [-0.3, -0.25) is 0 Å². The number of hydrogen-bond donors (Lipinski definition) is 0. The molecule has 0 fully saturated rings. The van der Waals surface area contributed by atoms with Crippen LogP contribution in [-0.4, -0.2) is 17.4 Å². The molecule has 0 aliphatic heterocycles. The number of hydrogen-bond acceptors (Lipinski definition) is 5. The second-order valence-corrected chi connectivity index (χ2v) is 1.95. The summed E-state index contributed by atoms with van der Waals surface area (Å²) in [5.41, 5.74) is 0. The summed E-state index contributed by atoms with van der Waals surface area (Å²) < 4.78 is 0. The molecule has 12 heavy (non-hydrogen) atoms. The zero-order valence-electron chi connectivity index (χ0n) is 6.26. The molecule has 0 aromatic rings. The fraction of sp³-hybridized carbons (Fsp3) is 0.667. The fourth-order valence-electron chi connectivity index (χ4n) is 0.539. The molecule has 0 bridgehead atoms. The Morgan fingerprint density at radius 1 is 0.917 bits per heavy atom. The predicted molar refractivity (Wildman–Crippen MR) is 30.4 cm³/mol. The molecule has 71 valence electrons. The van der Waals surface area contributed by atoms with Crippen molar-refractivity contribution in [2.24, 2.45) is 0 Å². The van der Waals surface area contributed by atoms with Crippen LogP contribution in [0.3, 0.4) is 0 Å². The molecule has 0 aromatic heterocycles. The van der Waals surface area contributed by atoms with E-state index in [4.69, 9.17) is 0 Å².